The lowest BCUT2D eigenvalue weighted by atomic mass is 9.83. The van der Waals surface area contributed by atoms with Crippen molar-refractivity contribution in [3.8, 4) is 0 Å². The van der Waals surface area contributed by atoms with Gasteiger partial charge in [-0.2, -0.15) is 0 Å². The molecule has 0 atom stereocenters. The standard InChI is InChI=1S/C11H14BrClN2O/c1-7(2)11(16)5-15(6-11)10-9(12)3-8(13)4-14-10/h3-4,7,16H,5-6H2,1-2H3. The van der Waals surface area contributed by atoms with Gasteiger partial charge < -0.3 is 10.0 Å². The van der Waals surface area contributed by atoms with Crippen molar-refractivity contribution < 1.29 is 5.11 Å². The fourth-order valence-corrected chi connectivity index (χ4v) is 2.66. The first-order chi connectivity index (χ1) is 7.42. The summed E-state index contributed by atoms with van der Waals surface area (Å²) in [5.41, 5.74) is -0.583. The van der Waals surface area contributed by atoms with Crippen LogP contribution in [0.25, 0.3) is 0 Å². The predicted octanol–water partition coefficient (Wildman–Crippen LogP) is 2.70. The van der Waals surface area contributed by atoms with Gasteiger partial charge in [0, 0.05) is 6.20 Å². The van der Waals surface area contributed by atoms with Crippen LogP contribution in [0.1, 0.15) is 13.8 Å². The van der Waals surface area contributed by atoms with E-state index in [1.165, 1.54) is 0 Å². The monoisotopic (exact) mass is 304 g/mol. The number of pyridine rings is 1. The fraction of sp³-hybridized carbons (Fsp3) is 0.545. The van der Waals surface area contributed by atoms with Crippen LogP contribution in [-0.2, 0) is 0 Å². The van der Waals surface area contributed by atoms with Gasteiger partial charge in [0.05, 0.1) is 22.6 Å². The minimum atomic E-state index is -0.583. The maximum Gasteiger partial charge on any atom is 0.143 e. The average Bonchev–Trinajstić information content (AvgIpc) is 2.13. The second kappa shape index (κ2) is 4.17. The summed E-state index contributed by atoms with van der Waals surface area (Å²) in [7, 11) is 0. The summed E-state index contributed by atoms with van der Waals surface area (Å²) in [6.07, 6.45) is 1.62. The first kappa shape index (κ1) is 12.1. The molecule has 0 aromatic carbocycles. The van der Waals surface area contributed by atoms with E-state index in [0.29, 0.717) is 18.1 Å². The van der Waals surface area contributed by atoms with Crippen LogP contribution in [-0.4, -0.2) is 28.8 Å². The zero-order chi connectivity index (χ0) is 11.9. The van der Waals surface area contributed by atoms with Crippen LogP contribution >= 0.6 is 27.5 Å². The summed E-state index contributed by atoms with van der Waals surface area (Å²) in [5, 5.41) is 10.8. The zero-order valence-corrected chi connectivity index (χ0v) is 11.6. The molecule has 2 rings (SSSR count). The van der Waals surface area contributed by atoms with Gasteiger partial charge in [-0.05, 0) is 27.9 Å². The topological polar surface area (TPSA) is 36.4 Å². The van der Waals surface area contributed by atoms with Crippen molar-refractivity contribution in [2.75, 3.05) is 18.0 Å². The molecule has 1 saturated heterocycles. The van der Waals surface area contributed by atoms with Crippen molar-refractivity contribution in [2.24, 2.45) is 5.92 Å². The SMILES string of the molecule is CC(C)C1(O)CN(c2ncc(Cl)cc2Br)C1. The highest BCUT2D eigenvalue weighted by molar-refractivity contribution is 9.10. The van der Waals surface area contributed by atoms with Gasteiger partial charge in [0.15, 0.2) is 0 Å². The van der Waals surface area contributed by atoms with E-state index >= 15 is 0 Å². The van der Waals surface area contributed by atoms with Gasteiger partial charge >= 0.3 is 0 Å². The Morgan fingerprint density at radius 2 is 2.19 bits per heavy atom. The molecule has 1 aromatic heterocycles. The molecule has 1 aliphatic heterocycles. The summed E-state index contributed by atoms with van der Waals surface area (Å²) >= 11 is 9.26. The van der Waals surface area contributed by atoms with Crippen molar-refractivity contribution in [3.05, 3.63) is 21.8 Å². The number of halogens is 2. The van der Waals surface area contributed by atoms with Gasteiger partial charge in [-0.25, -0.2) is 4.98 Å². The van der Waals surface area contributed by atoms with Crippen LogP contribution in [0.3, 0.4) is 0 Å². The number of aromatic nitrogens is 1. The number of anilines is 1. The molecule has 0 spiro atoms. The molecule has 16 heavy (non-hydrogen) atoms. The highest BCUT2D eigenvalue weighted by atomic mass is 79.9. The molecule has 0 unspecified atom stereocenters. The van der Waals surface area contributed by atoms with E-state index in [2.05, 4.69) is 20.9 Å². The molecule has 0 amide bonds. The molecule has 1 N–H and O–H groups in total. The van der Waals surface area contributed by atoms with Crippen molar-refractivity contribution in [2.45, 2.75) is 19.4 Å². The third-order valence-corrected chi connectivity index (χ3v) is 3.88. The number of β-amino-alcohol motifs (C(OH)–C–C–N with tert-alkyl or cyclic N) is 1. The van der Waals surface area contributed by atoms with Crippen LogP contribution in [0, 0.1) is 5.92 Å². The molecule has 0 saturated carbocycles. The molecule has 3 nitrogen and oxygen atoms in total. The Labute approximate surface area is 109 Å². The van der Waals surface area contributed by atoms with E-state index in [4.69, 9.17) is 11.6 Å². The van der Waals surface area contributed by atoms with Crippen LogP contribution in [0.15, 0.2) is 16.7 Å². The second-order valence-corrected chi connectivity index (χ2v) is 5.86. The highest BCUT2D eigenvalue weighted by Gasteiger charge is 2.44. The van der Waals surface area contributed by atoms with Gasteiger partial charge in [0.25, 0.3) is 0 Å². The van der Waals surface area contributed by atoms with Crippen molar-refractivity contribution >= 4 is 33.3 Å². The average molecular weight is 306 g/mol. The zero-order valence-electron chi connectivity index (χ0n) is 9.24. The van der Waals surface area contributed by atoms with E-state index in [1.54, 1.807) is 6.20 Å². The van der Waals surface area contributed by atoms with E-state index in [0.717, 1.165) is 10.3 Å². The fourth-order valence-electron chi connectivity index (χ4n) is 1.77. The van der Waals surface area contributed by atoms with Gasteiger partial charge in [-0.15, -0.1) is 0 Å². The molecule has 0 bridgehead atoms. The summed E-state index contributed by atoms with van der Waals surface area (Å²) < 4.78 is 0.866. The van der Waals surface area contributed by atoms with Crippen LogP contribution < -0.4 is 4.90 Å². The lowest BCUT2D eigenvalue weighted by molar-refractivity contribution is -0.0305. The first-order valence-corrected chi connectivity index (χ1v) is 6.38. The molecule has 5 heteroatoms. The Morgan fingerprint density at radius 1 is 1.56 bits per heavy atom. The molecular weight excluding hydrogens is 291 g/mol. The molecule has 0 aliphatic carbocycles. The van der Waals surface area contributed by atoms with Crippen LogP contribution in [0.5, 0.6) is 0 Å². The third-order valence-electron chi connectivity index (χ3n) is 3.09. The quantitative estimate of drug-likeness (QED) is 0.912. The number of hydrogen-bond acceptors (Lipinski definition) is 3. The van der Waals surface area contributed by atoms with Gasteiger partial charge in [-0.1, -0.05) is 25.4 Å². The lowest BCUT2D eigenvalue weighted by Crippen LogP contribution is -2.65. The number of hydrogen-bond donors (Lipinski definition) is 1. The molecule has 88 valence electrons. The molecule has 0 radical (unpaired) electrons. The van der Waals surface area contributed by atoms with Crippen molar-refractivity contribution in [1.29, 1.82) is 0 Å². The Kier molecular flexibility index (Phi) is 3.16. The third kappa shape index (κ3) is 2.06. The molecule has 2 heterocycles. The smallest absolute Gasteiger partial charge is 0.143 e. The minimum absolute atomic E-state index is 0.259. The van der Waals surface area contributed by atoms with Gasteiger partial charge in [-0.3, -0.25) is 0 Å². The lowest BCUT2D eigenvalue weighted by Gasteiger charge is -2.49. The minimum Gasteiger partial charge on any atom is -0.386 e. The van der Waals surface area contributed by atoms with Crippen molar-refractivity contribution in [3.63, 3.8) is 0 Å². The van der Waals surface area contributed by atoms with Gasteiger partial charge in [0.2, 0.25) is 0 Å². The molecular formula is C11H14BrClN2O. The molecule has 1 aromatic rings. The number of rotatable bonds is 2. The van der Waals surface area contributed by atoms with Crippen LogP contribution in [0.4, 0.5) is 5.82 Å². The first-order valence-electron chi connectivity index (χ1n) is 5.21. The molecule has 1 fully saturated rings. The maximum absolute atomic E-state index is 10.2. The maximum atomic E-state index is 10.2. The van der Waals surface area contributed by atoms with E-state index in [9.17, 15) is 5.11 Å². The van der Waals surface area contributed by atoms with Crippen LogP contribution in [0.2, 0.25) is 5.02 Å². The van der Waals surface area contributed by atoms with Gasteiger partial charge in [0.1, 0.15) is 11.4 Å². The number of nitrogens with zero attached hydrogens (tertiary/aromatic N) is 2. The summed E-state index contributed by atoms with van der Waals surface area (Å²) in [6, 6.07) is 1.82. The second-order valence-electron chi connectivity index (χ2n) is 4.57. The van der Waals surface area contributed by atoms with E-state index in [1.807, 2.05) is 24.8 Å². The Hall–Kier alpha value is -0.320. The van der Waals surface area contributed by atoms with E-state index in [-0.39, 0.29) is 5.92 Å². The van der Waals surface area contributed by atoms with E-state index < -0.39 is 5.60 Å². The Morgan fingerprint density at radius 3 is 2.69 bits per heavy atom. The number of aliphatic hydroxyl groups is 1. The summed E-state index contributed by atoms with van der Waals surface area (Å²) in [6.45, 7) is 5.30. The largest absolute Gasteiger partial charge is 0.386 e. The van der Waals surface area contributed by atoms with Crippen molar-refractivity contribution in [1.82, 2.24) is 4.98 Å². The molecule has 1 aliphatic rings. The predicted molar refractivity (Wildman–Crippen MR) is 68.9 cm³/mol. The summed E-state index contributed by atoms with van der Waals surface area (Å²) in [5.74, 6) is 1.10. The normalized spacial score (nSPS) is 18.8. The Bertz CT molecular complexity index is 405. The Balaban J connectivity index is 2.12. The highest BCUT2D eigenvalue weighted by Crippen LogP contribution is 2.35. The summed E-state index contributed by atoms with van der Waals surface area (Å²) in [4.78, 5) is 6.30.